The molecule has 0 aliphatic carbocycles. The SMILES string of the molecule is c1ccc(S2(c3ccccc3)c3cc4ccccc4cc3-c3cc4ccccc4cc32)cc1. The largest absolute Gasteiger partial charge is 0.132 e. The first kappa shape index (κ1) is 18.7. The van der Waals surface area contributed by atoms with E-state index in [0.29, 0.717) is 0 Å². The lowest BCUT2D eigenvalue weighted by Gasteiger charge is -2.39. The molecule has 1 aliphatic heterocycles. The van der Waals surface area contributed by atoms with Crippen molar-refractivity contribution in [3.8, 4) is 11.1 Å². The maximum Gasteiger partial charge on any atom is 0.0108 e. The Bertz CT molecular complexity index is 1520. The van der Waals surface area contributed by atoms with Crippen LogP contribution in [0.15, 0.2) is 153 Å². The summed E-state index contributed by atoms with van der Waals surface area (Å²) >= 11 is 0. The van der Waals surface area contributed by atoms with Crippen molar-refractivity contribution in [3.63, 3.8) is 0 Å². The van der Waals surface area contributed by atoms with Crippen molar-refractivity contribution in [3.05, 3.63) is 133 Å². The van der Waals surface area contributed by atoms with Crippen molar-refractivity contribution in [1.29, 1.82) is 0 Å². The van der Waals surface area contributed by atoms with Gasteiger partial charge in [0.25, 0.3) is 0 Å². The number of hydrogen-bond acceptors (Lipinski definition) is 0. The van der Waals surface area contributed by atoms with Gasteiger partial charge < -0.3 is 0 Å². The fraction of sp³-hybridized carbons (Fsp3) is 0. The Morgan fingerprint density at radius 3 is 1.06 bits per heavy atom. The second kappa shape index (κ2) is 7.10. The summed E-state index contributed by atoms with van der Waals surface area (Å²) in [5.74, 6) is 0. The van der Waals surface area contributed by atoms with Gasteiger partial charge in [-0.2, -0.15) is 0 Å². The molecule has 1 heterocycles. The second-order valence-electron chi connectivity index (χ2n) is 8.63. The smallest absolute Gasteiger partial charge is 0.0108 e. The highest BCUT2D eigenvalue weighted by Gasteiger charge is 2.42. The zero-order chi connectivity index (χ0) is 21.8. The van der Waals surface area contributed by atoms with Crippen LogP contribution in [0.5, 0.6) is 0 Å². The second-order valence-corrected chi connectivity index (χ2v) is 11.7. The number of hydrogen-bond donors (Lipinski definition) is 0. The van der Waals surface area contributed by atoms with E-state index in [1.54, 1.807) is 0 Å². The lowest BCUT2D eigenvalue weighted by atomic mass is 9.99. The Balaban J connectivity index is 1.72. The van der Waals surface area contributed by atoms with Crippen LogP contribution in [0.2, 0.25) is 0 Å². The summed E-state index contributed by atoms with van der Waals surface area (Å²) in [6.45, 7) is 0. The molecular weight excluding hydrogens is 416 g/mol. The summed E-state index contributed by atoms with van der Waals surface area (Å²) in [6.07, 6.45) is 0. The topological polar surface area (TPSA) is 0 Å². The Morgan fingerprint density at radius 1 is 0.333 bits per heavy atom. The Hall–Kier alpha value is -3.81. The van der Waals surface area contributed by atoms with E-state index in [1.165, 1.54) is 52.3 Å². The molecule has 0 radical (unpaired) electrons. The molecule has 0 bridgehead atoms. The molecule has 1 heteroatoms. The lowest BCUT2D eigenvalue weighted by molar-refractivity contribution is 1.30. The van der Waals surface area contributed by atoms with Crippen molar-refractivity contribution in [2.45, 2.75) is 19.6 Å². The molecule has 0 amide bonds. The summed E-state index contributed by atoms with van der Waals surface area (Å²) in [6, 6.07) is 49.6. The monoisotopic (exact) mass is 438 g/mol. The van der Waals surface area contributed by atoms with Crippen LogP contribution in [-0.2, 0) is 0 Å². The van der Waals surface area contributed by atoms with Crippen LogP contribution in [0.3, 0.4) is 0 Å². The molecular formula is C32H22S. The van der Waals surface area contributed by atoms with Crippen molar-refractivity contribution < 1.29 is 0 Å². The van der Waals surface area contributed by atoms with Gasteiger partial charge in [0.05, 0.1) is 0 Å². The summed E-state index contributed by atoms with van der Waals surface area (Å²) in [5, 5.41) is 5.20. The first-order chi connectivity index (χ1) is 16.4. The van der Waals surface area contributed by atoms with Gasteiger partial charge in [-0.1, -0.05) is 84.9 Å². The third-order valence-corrected chi connectivity index (χ3v) is 10.8. The average molecular weight is 439 g/mol. The predicted molar refractivity (Wildman–Crippen MR) is 140 cm³/mol. The molecule has 0 N–H and O–H groups in total. The zero-order valence-corrected chi connectivity index (χ0v) is 18.9. The zero-order valence-electron chi connectivity index (χ0n) is 18.1. The minimum Gasteiger partial charge on any atom is -0.132 e. The van der Waals surface area contributed by atoms with E-state index in [9.17, 15) is 0 Å². The third-order valence-electron chi connectivity index (χ3n) is 6.84. The van der Waals surface area contributed by atoms with Crippen LogP contribution < -0.4 is 0 Å². The summed E-state index contributed by atoms with van der Waals surface area (Å²) in [7, 11) is -1.62. The number of rotatable bonds is 2. The van der Waals surface area contributed by atoms with E-state index in [0.717, 1.165) is 0 Å². The molecule has 6 aromatic rings. The molecule has 1 aliphatic rings. The van der Waals surface area contributed by atoms with E-state index < -0.39 is 10.0 Å². The fourth-order valence-electron chi connectivity index (χ4n) is 5.38. The van der Waals surface area contributed by atoms with Crippen LogP contribution in [-0.4, -0.2) is 0 Å². The van der Waals surface area contributed by atoms with E-state index in [1.807, 2.05) is 0 Å². The van der Waals surface area contributed by atoms with Crippen molar-refractivity contribution in [2.75, 3.05) is 0 Å². The quantitative estimate of drug-likeness (QED) is 0.252. The molecule has 0 nitrogen and oxygen atoms in total. The lowest BCUT2D eigenvalue weighted by Crippen LogP contribution is -2.01. The van der Waals surface area contributed by atoms with E-state index in [4.69, 9.17) is 0 Å². The third kappa shape index (κ3) is 2.60. The minimum atomic E-state index is -1.62. The van der Waals surface area contributed by atoms with Gasteiger partial charge >= 0.3 is 0 Å². The molecule has 0 fully saturated rings. The predicted octanol–water partition coefficient (Wildman–Crippen LogP) is 9.31. The summed E-state index contributed by atoms with van der Waals surface area (Å²) < 4.78 is 0. The van der Waals surface area contributed by atoms with Crippen LogP contribution in [0, 0.1) is 0 Å². The van der Waals surface area contributed by atoms with Gasteiger partial charge in [-0.05, 0) is 81.2 Å². The first-order valence-corrected chi connectivity index (χ1v) is 13.0. The van der Waals surface area contributed by atoms with Gasteiger partial charge in [-0.15, -0.1) is 10.0 Å². The Morgan fingerprint density at radius 2 is 0.667 bits per heavy atom. The van der Waals surface area contributed by atoms with Crippen LogP contribution >= 0.6 is 10.0 Å². The molecule has 33 heavy (non-hydrogen) atoms. The van der Waals surface area contributed by atoms with Gasteiger partial charge in [-0.3, -0.25) is 0 Å². The number of benzene rings is 6. The molecule has 0 spiro atoms. The molecule has 7 rings (SSSR count). The summed E-state index contributed by atoms with van der Waals surface area (Å²) in [5.41, 5.74) is 2.74. The van der Waals surface area contributed by atoms with Crippen LogP contribution in [0.4, 0.5) is 0 Å². The van der Waals surface area contributed by atoms with E-state index in [2.05, 4.69) is 133 Å². The van der Waals surface area contributed by atoms with Crippen molar-refractivity contribution in [2.24, 2.45) is 0 Å². The normalized spacial score (nSPS) is 14.7. The van der Waals surface area contributed by atoms with Gasteiger partial charge in [-0.25, -0.2) is 0 Å². The highest BCUT2D eigenvalue weighted by molar-refractivity contribution is 8.34. The summed E-state index contributed by atoms with van der Waals surface area (Å²) in [4.78, 5) is 5.68. The highest BCUT2D eigenvalue weighted by Crippen LogP contribution is 2.80. The maximum absolute atomic E-state index is 2.46. The first-order valence-electron chi connectivity index (χ1n) is 11.4. The standard InChI is InChI=1S/C32H22S/c1-3-15-27(16-4-1)33(28-17-5-2-6-18-28)31-21-25-13-9-7-11-23(25)19-29(31)30-20-24-12-8-10-14-26(24)22-32(30)33/h1-22H. The Kier molecular flexibility index (Phi) is 4.03. The highest BCUT2D eigenvalue weighted by atomic mass is 32.3. The van der Waals surface area contributed by atoms with Crippen LogP contribution in [0.25, 0.3) is 32.7 Å². The van der Waals surface area contributed by atoms with Crippen LogP contribution in [0.1, 0.15) is 0 Å². The molecule has 6 aromatic carbocycles. The van der Waals surface area contributed by atoms with Gasteiger partial charge in [0.1, 0.15) is 0 Å². The fourth-order valence-corrected chi connectivity index (χ4v) is 9.64. The minimum absolute atomic E-state index is 1.30. The molecule has 0 aromatic heterocycles. The molecule has 0 saturated heterocycles. The average Bonchev–Trinajstić information content (AvgIpc) is 3.16. The van der Waals surface area contributed by atoms with Crippen molar-refractivity contribution in [1.82, 2.24) is 0 Å². The Labute approximate surface area is 195 Å². The van der Waals surface area contributed by atoms with Gasteiger partial charge in [0.2, 0.25) is 0 Å². The molecule has 0 unspecified atom stereocenters. The molecule has 0 saturated carbocycles. The van der Waals surface area contributed by atoms with E-state index in [-0.39, 0.29) is 0 Å². The molecule has 0 atom stereocenters. The molecule has 156 valence electrons. The number of fused-ring (bicyclic) bond motifs is 5. The maximum atomic E-state index is 2.46. The van der Waals surface area contributed by atoms with E-state index >= 15 is 0 Å². The van der Waals surface area contributed by atoms with Gasteiger partial charge in [0.15, 0.2) is 0 Å². The van der Waals surface area contributed by atoms with Crippen molar-refractivity contribution >= 4 is 31.6 Å². The van der Waals surface area contributed by atoms with Gasteiger partial charge in [0, 0.05) is 19.6 Å².